The van der Waals surface area contributed by atoms with Gasteiger partial charge in [-0.1, -0.05) is 225 Å². The second-order valence-electron chi connectivity index (χ2n) is 22.3. The minimum Gasteiger partial charge on any atom is -0.497 e. The first kappa shape index (κ1) is 53.5. The quantitative estimate of drug-likeness (QED) is 0.0852. The Kier molecular flexibility index (Phi) is 16.1. The molecule has 0 fully saturated rings. The Bertz CT molecular complexity index is 3210. The zero-order chi connectivity index (χ0) is 51.3. The molecule has 8 aromatic rings. The molecule has 372 valence electrons. The van der Waals surface area contributed by atoms with Gasteiger partial charge in [0, 0.05) is 23.4 Å². The Hall–Kier alpha value is -5.76. The van der Waals surface area contributed by atoms with E-state index in [1.165, 1.54) is 82.9 Å². The molecule has 0 bridgehead atoms. The van der Waals surface area contributed by atoms with Crippen LogP contribution in [-0.4, -0.2) is 23.4 Å². The molecule has 0 amide bonds. The van der Waals surface area contributed by atoms with Crippen molar-refractivity contribution in [3.05, 3.63) is 190 Å². The van der Waals surface area contributed by atoms with Crippen LogP contribution in [0.2, 0.25) is 0 Å². The van der Waals surface area contributed by atoms with Crippen molar-refractivity contribution in [3.8, 4) is 45.1 Å². The van der Waals surface area contributed by atoms with Crippen molar-refractivity contribution in [2.75, 3.05) is 0 Å². The van der Waals surface area contributed by atoms with Crippen molar-refractivity contribution in [3.63, 3.8) is 0 Å². The smallest absolute Gasteiger partial charge is 0.497 e. The van der Waals surface area contributed by atoms with Crippen LogP contribution in [0.1, 0.15) is 169 Å². The molecule has 0 aliphatic carbocycles. The van der Waals surface area contributed by atoms with Gasteiger partial charge >= 0.3 is 21.1 Å². The number of ether oxygens (including phenoxy) is 1. The van der Waals surface area contributed by atoms with Crippen LogP contribution in [0.5, 0.6) is 11.5 Å². The number of rotatable bonds is 13. The molecule has 73 heavy (non-hydrogen) atoms. The Morgan fingerprint density at radius 2 is 0.945 bits per heavy atom. The van der Waals surface area contributed by atoms with E-state index >= 15 is 0 Å². The minimum absolute atomic E-state index is 0. The molecule has 0 unspecified atom stereocenters. The fourth-order valence-electron chi connectivity index (χ4n) is 11.6. The molecule has 9 rings (SSSR count). The average Bonchev–Trinajstić information content (AvgIpc) is 3.36. The number of aryl methyl sites for hydroxylation is 2. The van der Waals surface area contributed by atoms with Gasteiger partial charge in [-0.15, -0.1) is 40.9 Å². The predicted octanol–water partition coefficient (Wildman–Crippen LogP) is 13.9. The Labute approximate surface area is 453 Å². The molecule has 3 heterocycles. The summed E-state index contributed by atoms with van der Waals surface area (Å²) in [6.07, 6.45) is 1.94. The summed E-state index contributed by atoms with van der Waals surface area (Å²) in [6.45, 7) is 34.1. The van der Waals surface area contributed by atoms with Crippen LogP contribution in [0, 0.1) is 32.9 Å². The molecule has 0 atom stereocenters. The van der Waals surface area contributed by atoms with E-state index in [0.29, 0.717) is 35.2 Å². The maximum absolute atomic E-state index is 7.54. The SMILES string of the molecule is Cc1cc(-c2[c-]c(Oc3[c-]c(-c4cc(-c5c(C(C)C)cccc5C(C)C)ccn4)ccc3)c3c(c2)B(c2c(C(C)C)cccc2C(C)C)c2ccccc2B3c2c(C(C)C)cccc2C(C)C)nc(C)c1C.[Pt+2]. The van der Waals surface area contributed by atoms with E-state index in [4.69, 9.17) is 14.7 Å². The van der Waals surface area contributed by atoms with Gasteiger partial charge < -0.3 is 14.7 Å². The third-order valence-corrected chi connectivity index (χ3v) is 15.5. The molecule has 0 spiro atoms. The number of pyridine rings is 2. The fraction of sp³-hybridized carbons (Fsp3) is 0.313. The zero-order valence-corrected chi connectivity index (χ0v) is 48.1. The van der Waals surface area contributed by atoms with Crippen LogP contribution in [0.3, 0.4) is 0 Å². The standard InChI is InChI=1S/C67H72B2N2O.Pt/c1-39(2)52-24-19-25-53(40(3)4)64(52)49-32-33-70-61(37-49)48-22-18-23-51(35-48)72-63-38-50(62-34-45(13)46(14)47(15)71-62)36-60-67(63)69(66-56(43(9)10)28-21-29-57(66)44(11)12)59-31-17-16-30-58(59)68(60)65-54(41(5)6)26-20-27-55(65)42(7)8;/h16-34,36-37,39-44H,1-15H3;/q-2;+2. The van der Waals surface area contributed by atoms with E-state index < -0.39 is 0 Å². The summed E-state index contributed by atoms with van der Waals surface area (Å²) in [6, 6.07) is 53.0. The molecule has 3 nitrogen and oxygen atoms in total. The molecule has 6 heteroatoms. The third kappa shape index (κ3) is 10.3. The van der Waals surface area contributed by atoms with Crippen molar-refractivity contribution >= 4 is 46.2 Å². The monoisotopic (exact) mass is 1140 g/mol. The molecule has 0 N–H and O–H groups in total. The molecule has 6 aromatic carbocycles. The van der Waals surface area contributed by atoms with Gasteiger partial charge in [0.25, 0.3) is 0 Å². The first-order valence-electron chi connectivity index (χ1n) is 26.6. The largest absolute Gasteiger partial charge is 2.00 e. The van der Waals surface area contributed by atoms with Gasteiger partial charge in [0.05, 0.1) is 0 Å². The van der Waals surface area contributed by atoms with Crippen molar-refractivity contribution in [2.24, 2.45) is 0 Å². The molecular weight excluding hydrogens is 1070 g/mol. The summed E-state index contributed by atoms with van der Waals surface area (Å²) >= 11 is 0. The second kappa shape index (κ2) is 22.0. The summed E-state index contributed by atoms with van der Waals surface area (Å²) in [5.74, 6) is 3.24. The number of hydrogen-bond donors (Lipinski definition) is 0. The number of aromatic nitrogens is 2. The van der Waals surface area contributed by atoms with E-state index in [1.54, 1.807) is 0 Å². The first-order chi connectivity index (χ1) is 34.4. The van der Waals surface area contributed by atoms with Gasteiger partial charge in [-0.2, -0.15) is 5.46 Å². The normalized spacial score (nSPS) is 12.3. The fourth-order valence-corrected chi connectivity index (χ4v) is 11.6. The first-order valence-corrected chi connectivity index (χ1v) is 26.6. The van der Waals surface area contributed by atoms with E-state index in [-0.39, 0.29) is 46.3 Å². The number of fused-ring (bicyclic) bond motifs is 2. The van der Waals surface area contributed by atoms with Crippen LogP contribution in [0.15, 0.2) is 128 Å². The number of hydrogen-bond acceptors (Lipinski definition) is 3. The molecule has 0 saturated carbocycles. The van der Waals surface area contributed by atoms with E-state index in [9.17, 15) is 0 Å². The zero-order valence-electron chi connectivity index (χ0n) is 45.9. The number of benzene rings is 6. The maximum atomic E-state index is 7.54. The van der Waals surface area contributed by atoms with Gasteiger partial charge in [-0.3, -0.25) is 0 Å². The van der Waals surface area contributed by atoms with Crippen molar-refractivity contribution in [1.29, 1.82) is 0 Å². The molecule has 1 aliphatic heterocycles. The Morgan fingerprint density at radius 1 is 0.452 bits per heavy atom. The van der Waals surface area contributed by atoms with Crippen molar-refractivity contribution in [2.45, 2.75) is 139 Å². The summed E-state index contributed by atoms with van der Waals surface area (Å²) in [4.78, 5) is 10.3. The van der Waals surface area contributed by atoms with E-state index in [1.807, 2.05) is 12.3 Å². The molecule has 0 saturated heterocycles. The summed E-state index contributed by atoms with van der Waals surface area (Å²) in [7, 11) is 0. The number of nitrogens with zero attached hydrogens (tertiary/aromatic N) is 2. The van der Waals surface area contributed by atoms with Crippen LogP contribution in [0.4, 0.5) is 0 Å². The van der Waals surface area contributed by atoms with Crippen LogP contribution in [0.25, 0.3) is 33.6 Å². The summed E-state index contributed by atoms with van der Waals surface area (Å²) < 4.78 is 7.54. The predicted molar refractivity (Wildman–Crippen MR) is 310 cm³/mol. The maximum Gasteiger partial charge on any atom is 2.00 e. The Morgan fingerprint density at radius 3 is 1.47 bits per heavy atom. The van der Waals surface area contributed by atoms with E-state index in [2.05, 4.69) is 231 Å². The average molecular weight is 1140 g/mol. The molecule has 2 aromatic heterocycles. The van der Waals surface area contributed by atoms with Gasteiger partial charge in [0.2, 0.25) is 6.71 Å². The van der Waals surface area contributed by atoms with Crippen molar-refractivity contribution < 1.29 is 25.8 Å². The van der Waals surface area contributed by atoms with Crippen molar-refractivity contribution in [1.82, 2.24) is 9.97 Å². The minimum atomic E-state index is -0.148. The Balaban J connectivity index is 0.00000711. The second-order valence-corrected chi connectivity index (χ2v) is 22.3. The van der Waals surface area contributed by atoms with Gasteiger partial charge in [0.15, 0.2) is 6.71 Å². The molecule has 1 aliphatic rings. The molecular formula is C67H72B2N2OPt. The molecule has 0 radical (unpaired) electrons. The van der Waals surface area contributed by atoms with Crippen LogP contribution < -0.4 is 37.5 Å². The summed E-state index contributed by atoms with van der Waals surface area (Å²) in [5, 5.41) is 0. The van der Waals surface area contributed by atoms with Crippen LogP contribution >= 0.6 is 0 Å². The topological polar surface area (TPSA) is 35.0 Å². The van der Waals surface area contributed by atoms with Crippen LogP contribution in [-0.2, 0) is 21.1 Å². The third-order valence-electron chi connectivity index (χ3n) is 15.5. The summed E-state index contributed by atoms with van der Waals surface area (Å²) in [5.41, 5.74) is 25.4. The van der Waals surface area contributed by atoms with Gasteiger partial charge in [-0.25, -0.2) is 0 Å². The van der Waals surface area contributed by atoms with Gasteiger partial charge in [-0.05, 0) is 113 Å². The van der Waals surface area contributed by atoms with E-state index in [0.717, 1.165) is 33.7 Å². The van der Waals surface area contributed by atoms with Gasteiger partial charge in [0.1, 0.15) is 0 Å².